The monoisotopic (exact) mass is 155 g/mol. The number of β-lactam (4-membered cyclic amide) rings is 1. The summed E-state index contributed by atoms with van der Waals surface area (Å²) in [5.74, 6) is 0.302. The van der Waals surface area contributed by atoms with Gasteiger partial charge in [0, 0.05) is 13.5 Å². The molecule has 0 aliphatic carbocycles. The Labute approximate surface area is 66.4 Å². The molecule has 0 bridgehead atoms. The first-order valence-electron chi connectivity index (χ1n) is 3.86. The molecule has 0 aromatic heterocycles. The molecule has 0 saturated carbocycles. The molecule has 0 spiro atoms. The molecule has 0 unspecified atom stereocenters. The van der Waals surface area contributed by atoms with E-state index in [0.717, 1.165) is 0 Å². The van der Waals surface area contributed by atoms with Gasteiger partial charge in [0.15, 0.2) is 0 Å². The molecule has 1 aliphatic rings. The Kier molecular flexibility index (Phi) is 1.98. The van der Waals surface area contributed by atoms with Crippen LogP contribution >= 0.6 is 0 Å². The van der Waals surface area contributed by atoms with E-state index in [9.17, 15) is 9.59 Å². The fourth-order valence-corrected chi connectivity index (χ4v) is 1.23. The maximum Gasteiger partial charge on any atom is 0.234 e. The molecule has 11 heavy (non-hydrogen) atoms. The highest BCUT2D eigenvalue weighted by Gasteiger charge is 2.40. The van der Waals surface area contributed by atoms with Gasteiger partial charge >= 0.3 is 0 Å². The number of carbonyl (C=O) groups is 2. The summed E-state index contributed by atoms with van der Waals surface area (Å²) in [6, 6.07) is 0. The van der Waals surface area contributed by atoms with Gasteiger partial charge in [-0.2, -0.15) is 0 Å². The molecule has 1 aliphatic heterocycles. The summed E-state index contributed by atoms with van der Waals surface area (Å²) < 4.78 is 0. The third-order valence-electron chi connectivity index (χ3n) is 2.15. The topological polar surface area (TPSA) is 37.4 Å². The van der Waals surface area contributed by atoms with Crippen LogP contribution in [-0.4, -0.2) is 23.3 Å². The molecule has 1 fully saturated rings. The smallest absolute Gasteiger partial charge is 0.234 e. The summed E-state index contributed by atoms with van der Waals surface area (Å²) in [4.78, 5) is 23.2. The summed E-state index contributed by atoms with van der Waals surface area (Å²) in [5.41, 5.74) is 0. The summed E-state index contributed by atoms with van der Waals surface area (Å²) in [6.45, 7) is 6.04. The van der Waals surface area contributed by atoms with Crippen LogP contribution in [-0.2, 0) is 9.59 Å². The molecule has 1 heterocycles. The maximum absolute atomic E-state index is 11.1. The Morgan fingerprint density at radius 2 is 2.18 bits per heavy atom. The molecule has 0 radical (unpaired) electrons. The van der Waals surface area contributed by atoms with Gasteiger partial charge in [0.05, 0.1) is 5.92 Å². The number of rotatable bonds is 1. The van der Waals surface area contributed by atoms with Gasteiger partial charge in [-0.15, -0.1) is 0 Å². The number of amides is 2. The second-order valence-corrected chi connectivity index (χ2v) is 3.32. The minimum Gasteiger partial charge on any atom is -0.282 e. The third kappa shape index (κ3) is 1.27. The van der Waals surface area contributed by atoms with E-state index in [1.54, 1.807) is 0 Å². The Bertz CT molecular complexity index is 198. The number of likely N-dealkylation sites (tertiary alicyclic amines) is 1. The minimum atomic E-state index is -0.132. The van der Waals surface area contributed by atoms with Crippen molar-refractivity contribution >= 4 is 11.8 Å². The Hall–Kier alpha value is -0.860. The molecule has 3 heteroatoms. The maximum atomic E-state index is 11.1. The van der Waals surface area contributed by atoms with Crippen LogP contribution in [0.1, 0.15) is 20.8 Å². The molecule has 0 aromatic rings. The van der Waals surface area contributed by atoms with Crippen LogP contribution in [0.15, 0.2) is 0 Å². The van der Waals surface area contributed by atoms with Gasteiger partial charge in [-0.25, -0.2) is 0 Å². The van der Waals surface area contributed by atoms with Crippen LogP contribution in [0, 0.1) is 11.8 Å². The fraction of sp³-hybridized carbons (Fsp3) is 0.750. The number of carbonyl (C=O) groups excluding carboxylic acids is 2. The van der Waals surface area contributed by atoms with Gasteiger partial charge in [-0.05, 0) is 5.92 Å². The van der Waals surface area contributed by atoms with Gasteiger partial charge in [0.25, 0.3) is 0 Å². The predicted molar refractivity (Wildman–Crippen MR) is 40.7 cm³/mol. The lowest BCUT2D eigenvalue weighted by Crippen LogP contribution is -2.56. The first-order chi connectivity index (χ1) is 5.04. The SMILES string of the molecule is CC(=O)N1C[C@H](C(C)C)C1=O. The van der Waals surface area contributed by atoms with Crippen molar-refractivity contribution in [3.8, 4) is 0 Å². The van der Waals surface area contributed by atoms with E-state index in [4.69, 9.17) is 0 Å². The standard InChI is InChI=1S/C8H13NO2/c1-5(2)7-4-9(6(3)10)8(7)11/h5,7H,4H2,1-3H3/t7-/m1/s1. The van der Waals surface area contributed by atoms with E-state index in [2.05, 4.69) is 0 Å². The van der Waals surface area contributed by atoms with Crippen molar-refractivity contribution < 1.29 is 9.59 Å². The lowest BCUT2D eigenvalue weighted by atomic mass is 9.87. The average Bonchev–Trinajstić information content (AvgIpc) is 1.82. The Balaban J connectivity index is 2.51. The molecule has 0 N–H and O–H groups in total. The third-order valence-corrected chi connectivity index (χ3v) is 2.15. The van der Waals surface area contributed by atoms with Gasteiger partial charge in [0.1, 0.15) is 0 Å². The van der Waals surface area contributed by atoms with E-state index in [-0.39, 0.29) is 17.7 Å². The molecule has 2 amide bonds. The van der Waals surface area contributed by atoms with E-state index in [1.807, 2.05) is 13.8 Å². The van der Waals surface area contributed by atoms with Crippen molar-refractivity contribution in [3.05, 3.63) is 0 Å². The van der Waals surface area contributed by atoms with Crippen LogP contribution in [0.25, 0.3) is 0 Å². The molecule has 62 valence electrons. The second-order valence-electron chi connectivity index (χ2n) is 3.32. The zero-order valence-electron chi connectivity index (χ0n) is 7.13. The van der Waals surface area contributed by atoms with E-state index in [0.29, 0.717) is 12.5 Å². The van der Waals surface area contributed by atoms with Crippen LogP contribution in [0.4, 0.5) is 0 Å². The summed E-state index contributed by atoms with van der Waals surface area (Å²) in [6.07, 6.45) is 0. The second kappa shape index (κ2) is 2.64. The molecule has 1 rings (SSSR count). The molecule has 3 nitrogen and oxygen atoms in total. The van der Waals surface area contributed by atoms with Crippen LogP contribution in [0.5, 0.6) is 0 Å². The van der Waals surface area contributed by atoms with Crippen molar-refractivity contribution in [1.29, 1.82) is 0 Å². The quantitative estimate of drug-likeness (QED) is 0.521. The lowest BCUT2D eigenvalue weighted by Gasteiger charge is -2.38. The van der Waals surface area contributed by atoms with Crippen molar-refractivity contribution in [2.75, 3.05) is 6.54 Å². The molecule has 1 saturated heterocycles. The zero-order valence-corrected chi connectivity index (χ0v) is 7.13. The highest BCUT2D eigenvalue weighted by atomic mass is 16.2. The highest BCUT2D eigenvalue weighted by Crippen LogP contribution is 2.24. The fourth-order valence-electron chi connectivity index (χ4n) is 1.23. The molecule has 1 atom stereocenters. The van der Waals surface area contributed by atoms with E-state index >= 15 is 0 Å². The predicted octanol–water partition coefficient (Wildman–Crippen LogP) is 0.647. The average molecular weight is 155 g/mol. The van der Waals surface area contributed by atoms with Crippen molar-refractivity contribution in [1.82, 2.24) is 4.90 Å². The molecule has 0 aromatic carbocycles. The van der Waals surface area contributed by atoms with Crippen molar-refractivity contribution in [2.24, 2.45) is 11.8 Å². The van der Waals surface area contributed by atoms with E-state index < -0.39 is 0 Å². The number of imide groups is 1. The number of hydrogen-bond acceptors (Lipinski definition) is 2. The summed E-state index contributed by atoms with van der Waals surface area (Å²) >= 11 is 0. The largest absolute Gasteiger partial charge is 0.282 e. The minimum absolute atomic E-state index is 0.00694. The first-order valence-corrected chi connectivity index (χ1v) is 3.86. The van der Waals surface area contributed by atoms with Crippen LogP contribution in [0.2, 0.25) is 0 Å². The van der Waals surface area contributed by atoms with Gasteiger partial charge < -0.3 is 0 Å². The Morgan fingerprint density at radius 1 is 1.64 bits per heavy atom. The van der Waals surface area contributed by atoms with E-state index in [1.165, 1.54) is 11.8 Å². The first kappa shape index (κ1) is 8.24. The normalized spacial score (nSPS) is 23.8. The van der Waals surface area contributed by atoms with Crippen LogP contribution in [0.3, 0.4) is 0 Å². The molecular formula is C8H13NO2. The Morgan fingerprint density at radius 3 is 2.45 bits per heavy atom. The van der Waals surface area contributed by atoms with Gasteiger partial charge in [-0.1, -0.05) is 13.8 Å². The van der Waals surface area contributed by atoms with Gasteiger partial charge in [0.2, 0.25) is 11.8 Å². The van der Waals surface area contributed by atoms with Crippen molar-refractivity contribution in [3.63, 3.8) is 0 Å². The van der Waals surface area contributed by atoms with Crippen LogP contribution < -0.4 is 0 Å². The van der Waals surface area contributed by atoms with Crippen molar-refractivity contribution in [2.45, 2.75) is 20.8 Å². The van der Waals surface area contributed by atoms with Gasteiger partial charge in [-0.3, -0.25) is 14.5 Å². The number of nitrogens with zero attached hydrogens (tertiary/aromatic N) is 1. The summed E-state index contributed by atoms with van der Waals surface area (Å²) in [5, 5.41) is 0. The molecular weight excluding hydrogens is 142 g/mol. The number of hydrogen-bond donors (Lipinski definition) is 0. The lowest BCUT2D eigenvalue weighted by molar-refractivity contribution is -0.159. The highest BCUT2D eigenvalue weighted by molar-refractivity contribution is 6.00. The summed E-state index contributed by atoms with van der Waals surface area (Å²) in [7, 11) is 0. The zero-order chi connectivity index (χ0) is 8.59.